The third-order valence-electron chi connectivity index (χ3n) is 4.50. The van der Waals surface area contributed by atoms with Gasteiger partial charge >= 0.3 is 0 Å². The molecule has 0 saturated carbocycles. The van der Waals surface area contributed by atoms with Crippen molar-refractivity contribution in [2.75, 3.05) is 16.9 Å². The van der Waals surface area contributed by atoms with E-state index in [4.69, 9.17) is 5.84 Å². The largest absolute Gasteiger partial charge is 0.335 e. The molecule has 28 heavy (non-hydrogen) atoms. The number of nitrogens with two attached hydrogens (primary N) is 1. The summed E-state index contributed by atoms with van der Waals surface area (Å²) in [5, 5.41) is 11.8. The summed E-state index contributed by atoms with van der Waals surface area (Å²) in [6.07, 6.45) is 0. The first kappa shape index (κ1) is 19.9. The SMILES string of the molecule is Cc1ccc(-c2nnc(SCC(=O)Nc3c(C)cccc3C(C)C)n2N)cc1. The normalized spacial score (nSPS) is 11.0. The first-order chi connectivity index (χ1) is 13.4. The van der Waals surface area contributed by atoms with Gasteiger partial charge in [-0.15, -0.1) is 10.2 Å². The number of para-hydroxylation sites is 1. The molecule has 0 unspecified atom stereocenters. The zero-order chi connectivity index (χ0) is 20.3. The fourth-order valence-corrected chi connectivity index (χ4v) is 3.58. The Kier molecular flexibility index (Phi) is 6.04. The van der Waals surface area contributed by atoms with Crippen LogP contribution in [0.5, 0.6) is 0 Å². The van der Waals surface area contributed by atoms with Crippen LogP contribution < -0.4 is 11.2 Å². The third-order valence-corrected chi connectivity index (χ3v) is 5.44. The number of thioether (sulfide) groups is 1. The van der Waals surface area contributed by atoms with Crippen molar-refractivity contribution in [2.45, 2.75) is 38.8 Å². The van der Waals surface area contributed by atoms with Gasteiger partial charge in [0.05, 0.1) is 5.75 Å². The Balaban J connectivity index is 1.69. The van der Waals surface area contributed by atoms with E-state index in [-0.39, 0.29) is 11.7 Å². The molecule has 1 amide bonds. The molecule has 0 aliphatic carbocycles. The number of rotatable bonds is 6. The smallest absolute Gasteiger partial charge is 0.234 e. The van der Waals surface area contributed by atoms with E-state index in [0.717, 1.165) is 27.9 Å². The molecule has 0 atom stereocenters. The fourth-order valence-electron chi connectivity index (χ4n) is 2.92. The Hall–Kier alpha value is -2.80. The lowest BCUT2D eigenvalue weighted by Gasteiger charge is -2.16. The van der Waals surface area contributed by atoms with Crippen molar-refractivity contribution in [3.05, 3.63) is 59.2 Å². The lowest BCUT2D eigenvalue weighted by molar-refractivity contribution is -0.113. The Morgan fingerprint density at radius 2 is 1.86 bits per heavy atom. The van der Waals surface area contributed by atoms with Crippen LogP contribution in [0.15, 0.2) is 47.6 Å². The van der Waals surface area contributed by atoms with Crippen LogP contribution in [-0.4, -0.2) is 26.5 Å². The standard InChI is InChI=1S/C21H25N5OS/c1-13(2)17-7-5-6-15(4)19(17)23-18(27)12-28-21-25-24-20(26(21)22)16-10-8-14(3)9-11-16/h5-11,13H,12,22H2,1-4H3,(H,23,27). The number of aromatic nitrogens is 3. The molecular formula is C21H25N5OS. The Morgan fingerprint density at radius 3 is 2.54 bits per heavy atom. The van der Waals surface area contributed by atoms with Gasteiger partial charge in [0.2, 0.25) is 11.1 Å². The van der Waals surface area contributed by atoms with E-state index >= 15 is 0 Å². The molecular weight excluding hydrogens is 370 g/mol. The second-order valence-corrected chi connectivity index (χ2v) is 8.02. The predicted octanol–water partition coefficient (Wildman–Crippen LogP) is 4.13. The van der Waals surface area contributed by atoms with Crippen molar-refractivity contribution in [1.29, 1.82) is 0 Å². The quantitative estimate of drug-likeness (QED) is 0.484. The van der Waals surface area contributed by atoms with Crippen LogP contribution in [0.2, 0.25) is 0 Å². The molecule has 0 radical (unpaired) electrons. The minimum absolute atomic E-state index is 0.0962. The minimum Gasteiger partial charge on any atom is -0.335 e. The second-order valence-electron chi connectivity index (χ2n) is 7.07. The molecule has 0 aliphatic rings. The minimum atomic E-state index is -0.0962. The number of benzene rings is 2. The summed E-state index contributed by atoms with van der Waals surface area (Å²) in [5.41, 5.74) is 5.11. The van der Waals surface area contributed by atoms with Crippen LogP contribution in [0.25, 0.3) is 11.4 Å². The van der Waals surface area contributed by atoms with Gasteiger partial charge in [0.1, 0.15) is 0 Å². The third kappa shape index (κ3) is 4.36. The summed E-state index contributed by atoms with van der Waals surface area (Å²) in [5.74, 6) is 7.15. The van der Waals surface area contributed by atoms with Gasteiger partial charge in [-0.05, 0) is 30.9 Å². The average Bonchev–Trinajstić information content (AvgIpc) is 3.02. The van der Waals surface area contributed by atoms with E-state index in [1.54, 1.807) is 0 Å². The fraction of sp³-hybridized carbons (Fsp3) is 0.286. The summed E-state index contributed by atoms with van der Waals surface area (Å²) >= 11 is 1.27. The van der Waals surface area contributed by atoms with E-state index in [9.17, 15) is 4.79 Å². The maximum atomic E-state index is 12.5. The number of carbonyl (C=O) groups is 1. The molecule has 3 N–H and O–H groups in total. The molecule has 3 aromatic rings. The summed E-state index contributed by atoms with van der Waals surface area (Å²) in [6.45, 7) is 8.25. The molecule has 0 bridgehead atoms. The maximum Gasteiger partial charge on any atom is 0.234 e. The number of carbonyl (C=O) groups excluding carboxylic acids is 1. The molecule has 7 heteroatoms. The van der Waals surface area contributed by atoms with E-state index in [1.165, 1.54) is 16.4 Å². The van der Waals surface area contributed by atoms with Crippen molar-refractivity contribution < 1.29 is 4.79 Å². The zero-order valence-corrected chi connectivity index (χ0v) is 17.4. The summed E-state index contributed by atoms with van der Waals surface area (Å²) in [4.78, 5) is 12.5. The Morgan fingerprint density at radius 1 is 1.14 bits per heavy atom. The molecule has 0 aliphatic heterocycles. The van der Waals surface area contributed by atoms with Gasteiger partial charge in [-0.25, -0.2) is 4.68 Å². The first-order valence-electron chi connectivity index (χ1n) is 9.16. The number of nitrogens with one attached hydrogen (secondary N) is 1. The second kappa shape index (κ2) is 8.48. The van der Waals surface area contributed by atoms with E-state index in [2.05, 4.69) is 29.4 Å². The lowest BCUT2D eigenvalue weighted by Crippen LogP contribution is -2.18. The van der Waals surface area contributed by atoms with Crippen molar-refractivity contribution in [3.63, 3.8) is 0 Å². The molecule has 3 rings (SSSR count). The van der Waals surface area contributed by atoms with Crippen LogP contribution >= 0.6 is 11.8 Å². The number of nitrogens with zero attached hydrogens (tertiary/aromatic N) is 3. The number of amides is 1. The molecule has 6 nitrogen and oxygen atoms in total. The van der Waals surface area contributed by atoms with Crippen LogP contribution in [0.4, 0.5) is 5.69 Å². The van der Waals surface area contributed by atoms with E-state index in [1.807, 2.05) is 56.3 Å². The predicted molar refractivity (Wildman–Crippen MR) is 115 cm³/mol. The van der Waals surface area contributed by atoms with Crippen molar-refractivity contribution in [3.8, 4) is 11.4 Å². The van der Waals surface area contributed by atoms with Gasteiger partial charge in [-0.2, -0.15) is 0 Å². The monoisotopic (exact) mass is 395 g/mol. The molecule has 0 saturated heterocycles. The summed E-state index contributed by atoms with van der Waals surface area (Å²) < 4.78 is 1.43. The van der Waals surface area contributed by atoms with E-state index in [0.29, 0.717) is 16.9 Å². The highest BCUT2D eigenvalue weighted by molar-refractivity contribution is 7.99. The summed E-state index contributed by atoms with van der Waals surface area (Å²) in [7, 11) is 0. The van der Waals surface area contributed by atoms with Gasteiger partial charge in [0, 0.05) is 11.3 Å². The van der Waals surface area contributed by atoms with Crippen LogP contribution in [0.3, 0.4) is 0 Å². The number of nitrogen functional groups attached to an aromatic ring is 1. The topological polar surface area (TPSA) is 85.8 Å². The van der Waals surface area contributed by atoms with Gasteiger partial charge in [0.15, 0.2) is 5.82 Å². The molecule has 0 fully saturated rings. The molecule has 1 aromatic heterocycles. The average molecular weight is 396 g/mol. The van der Waals surface area contributed by atoms with Gasteiger partial charge in [-0.1, -0.05) is 73.6 Å². The number of aryl methyl sites for hydroxylation is 2. The highest BCUT2D eigenvalue weighted by Crippen LogP contribution is 2.28. The van der Waals surface area contributed by atoms with Crippen molar-refractivity contribution in [1.82, 2.24) is 14.9 Å². The zero-order valence-electron chi connectivity index (χ0n) is 16.6. The van der Waals surface area contributed by atoms with Crippen LogP contribution in [0.1, 0.15) is 36.5 Å². The van der Waals surface area contributed by atoms with Gasteiger partial charge in [0.25, 0.3) is 0 Å². The highest BCUT2D eigenvalue weighted by Gasteiger charge is 2.16. The number of hydrogen-bond donors (Lipinski definition) is 2. The Labute approximate surface area is 169 Å². The molecule has 0 spiro atoms. The Bertz CT molecular complexity index is 979. The lowest BCUT2D eigenvalue weighted by atomic mass is 9.98. The molecule has 146 valence electrons. The molecule has 1 heterocycles. The number of anilines is 1. The van der Waals surface area contributed by atoms with E-state index < -0.39 is 0 Å². The summed E-state index contributed by atoms with van der Waals surface area (Å²) in [6, 6.07) is 14.0. The van der Waals surface area contributed by atoms with Crippen molar-refractivity contribution in [2.24, 2.45) is 0 Å². The van der Waals surface area contributed by atoms with Crippen molar-refractivity contribution >= 4 is 23.4 Å². The maximum absolute atomic E-state index is 12.5. The highest BCUT2D eigenvalue weighted by atomic mass is 32.2. The van der Waals surface area contributed by atoms with Crippen LogP contribution in [-0.2, 0) is 4.79 Å². The number of hydrogen-bond acceptors (Lipinski definition) is 5. The van der Waals surface area contributed by atoms with Crippen LogP contribution in [0, 0.1) is 13.8 Å². The van der Waals surface area contributed by atoms with Gasteiger partial charge in [-0.3, -0.25) is 4.79 Å². The van der Waals surface area contributed by atoms with Gasteiger partial charge < -0.3 is 11.2 Å². The first-order valence-corrected chi connectivity index (χ1v) is 10.1. The molecule has 2 aromatic carbocycles.